The molecule has 1 saturated carbocycles. The maximum atomic E-state index is 8.82. The van der Waals surface area contributed by atoms with Crippen molar-refractivity contribution in [1.82, 2.24) is 0 Å². The fraction of sp³-hybridized carbons (Fsp3) is 0.462. The van der Waals surface area contributed by atoms with Crippen LogP contribution in [0.5, 0.6) is 0 Å². The molecule has 1 aromatic rings. The van der Waals surface area contributed by atoms with Crippen LogP contribution in [-0.4, -0.2) is 19.8 Å². The lowest BCUT2D eigenvalue weighted by Crippen LogP contribution is -2.27. The van der Waals surface area contributed by atoms with E-state index in [4.69, 9.17) is 10.00 Å². The zero-order valence-corrected chi connectivity index (χ0v) is 9.44. The summed E-state index contributed by atoms with van der Waals surface area (Å²) in [6.07, 6.45) is 2.55. The van der Waals surface area contributed by atoms with Gasteiger partial charge in [-0.25, -0.2) is 0 Å². The van der Waals surface area contributed by atoms with E-state index in [1.807, 2.05) is 24.3 Å². The largest absolute Gasteiger partial charge is 0.383 e. The maximum Gasteiger partial charge on any atom is 0.0992 e. The number of anilines is 1. The van der Waals surface area contributed by atoms with Gasteiger partial charge in [0.05, 0.1) is 24.3 Å². The third kappa shape index (κ3) is 2.74. The van der Waals surface area contributed by atoms with E-state index in [-0.39, 0.29) is 0 Å². The highest BCUT2D eigenvalue weighted by Crippen LogP contribution is 2.34. The van der Waals surface area contributed by atoms with Gasteiger partial charge < -0.3 is 10.1 Å². The van der Waals surface area contributed by atoms with E-state index < -0.39 is 0 Å². The van der Waals surface area contributed by atoms with Crippen LogP contribution >= 0.6 is 0 Å². The average molecular weight is 216 g/mol. The van der Waals surface area contributed by atoms with Crippen LogP contribution in [0.3, 0.4) is 0 Å². The highest BCUT2D eigenvalue weighted by molar-refractivity contribution is 5.50. The minimum Gasteiger partial charge on any atom is -0.383 e. The van der Waals surface area contributed by atoms with Gasteiger partial charge in [0.15, 0.2) is 0 Å². The fourth-order valence-electron chi connectivity index (χ4n) is 1.87. The Bertz CT molecular complexity index is 393. The Morgan fingerprint density at radius 1 is 1.56 bits per heavy atom. The third-order valence-electron chi connectivity index (χ3n) is 2.88. The van der Waals surface area contributed by atoms with Crippen molar-refractivity contribution in [1.29, 1.82) is 5.26 Å². The molecule has 1 aliphatic carbocycles. The van der Waals surface area contributed by atoms with Gasteiger partial charge >= 0.3 is 0 Å². The first kappa shape index (κ1) is 11.0. The molecule has 0 spiro atoms. The summed E-state index contributed by atoms with van der Waals surface area (Å²) in [5.41, 5.74) is 1.70. The Kier molecular flexibility index (Phi) is 3.43. The SMILES string of the molecule is COCC(Nc1cccc(C#N)c1)C1CC1. The lowest BCUT2D eigenvalue weighted by atomic mass is 10.1. The molecule has 1 atom stereocenters. The Labute approximate surface area is 96.0 Å². The maximum absolute atomic E-state index is 8.82. The van der Waals surface area contributed by atoms with Crippen molar-refractivity contribution in [2.75, 3.05) is 19.0 Å². The molecular weight excluding hydrogens is 200 g/mol. The summed E-state index contributed by atoms with van der Waals surface area (Å²) in [5.74, 6) is 0.727. The van der Waals surface area contributed by atoms with Gasteiger partial charge in [0.1, 0.15) is 0 Å². The first-order valence-electron chi connectivity index (χ1n) is 5.59. The van der Waals surface area contributed by atoms with Gasteiger partial charge in [0, 0.05) is 12.8 Å². The van der Waals surface area contributed by atoms with Crippen LogP contribution in [0.25, 0.3) is 0 Å². The van der Waals surface area contributed by atoms with Crippen LogP contribution in [0.1, 0.15) is 18.4 Å². The second kappa shape index (κ2) is 5.00. The summed E-state index contributed by atoms with van der Waals surface area (Å²) in [4.78, 5) is 0. The molecule has 3 heteroatoms. The van der Waals surface area contributed by atoms with Crippen LogP contribution in [-0.2, 0) is 4.74 Å². The lowest BCUT2D eigenvalue weighted by Gasteiger charge is -2.18. The van der Waals surface area contributed by atoms with Crippen LogP contribution < -0.4 is 5.32 Å². The minimum absolute atomic E-state index is 0.374. The molecule has 0 aliphatic heterocycles. The van der Waals surface area contributed by atoms with Crippen molar-refractivity contribution in [3.63, 3.8) is 0 Å². The standard InChI is InChI=1S/C13H16N2O/c1-16-9-13(11-5-6-11)15-12-4-2-3-10(7-12)8-14/h2-4,7,11,13,15H,5-6,9H2,1H3. The van der Waals surface area contributed by atoms with E-state index in [9.17, 15) is 0 Å². The molecule has 1 aliphatic rings. The van der Waals surface area contributed by atoms with Crippen molar-refractivity contribution < 1.29 is 4.74 Å². The zero-order chi connectivity index (χ0) is 11.4. The van der Waals surface area contributed by atoms with Gasteiger partial charge in [0.2, 0.25) is 0 Å². The first-order valence-corrected chi connectivity index (χ1v) is 5.59. The molecule has 3 nitrogen and oxygen atoms in total. The molecule has 0 aromatic heterocycles. The third-order valence-corrected chi connectivity index (χ3v) is 2.88. The first-order chi connectivity index (χ1) is 7.83. The molecule has 2 rings (SSSR count). The Morgan fingerprint density at radius 3 is 3.00 bits per heavy atom. The molecule has 0 heterocycles. The van der Waals surface area contributed by atoms with Gasteiger partial charge in [-0.3, -0.25) is 0 Å². The molecule has 84 valence electrons. The van der Waals surface area contributed by atoms with Gasteiger partial charge in [-0.05, 0) is 37.0 Å². The van der Waals surface area contributed by atoms with Crippen LogP contribution in [0.2, 0.25) is 0 Å². The molecule has 0 saturated heterocycles. The summed E-state index contributed by atoms with van der Waals surface area (Å²) >= 11 is 0. The van der Waals surface area contributed by atoms with E-state index in [0.717, 1.165) is 18.2 Å². The number of nitrogens with one attached hydrogen (secondary N) is 1. The predicted molar refractivity (Wildman–Crippen MR) is 63.2 cm³/mol. The normalized spacial score (nSPS) is 16.5. The molecule has 1 N–H and O–H groups in total. The Hall–Kier alpha value is -1.53. The summed E-state index contributed by atoms with van der Waals surface area (Å²) < 4.78 is 5.21. The van der Waals surface area contributed by atoms with Gasteiger partial charge in [-0.2, -0.15) is 5.26 Å². The van der Waals surface area contributed by atoms with Crippen molar-refractivity contribution in [3.05, 3.63) is 29.8 Å². The quantitative estimate of drug-likeness (QED) is 0.822. The molecule has 16 heavy (non-hydrogen) atoms. The van der Waals surface area contributed by atoms with Gasteiger partial charge in [0.25, 0.3) is 0 Å². The lowest BCUT2D eigenvalue weighted by molar-refractivity contribution is 0.179. The van der Waals surface area contributed by atoms with Crippen LogP contribution in [0.15, 0.2) is 24.3 Å². The molecule has 1 fully saturated rings. The molecule has 1 unspecified atom stereocenters. The van der Waals surface area contributed by atoms with Crippen molar-refractivity contribution in [3.8, 4) is 6.07 Å². The van der Waals surface area contributed by atoms with Crippen LogP contribution in [0.4, 0.5) is 5.69 Å². The number of rotatable bonds is 5. The molecule has 1 aromatic carbocycles. The number of benzene rings is 1. The Morgan fingerprint density at radius 2 is 2.38 bits per heavy atom. The van der Waals surface area contributed by atoms with E-state index in [0.29, 0.717) is 11.6 Å². The number of hydrogen-bond acceptors (Lipinski definition) is 3. The summed E-state index contributed by atoms with van der Waals surface area (Å²) in [6, 6.07) is 10.1. The fourth-order valence-corrected chi connectivity index (χ4v) is 1.87. The smallest absolute Gasteiger partial charge is 0.0992 e. The van der Waals surface area contributed by atoms with E-state index >= 15 is 0 Å². The second-order valence-electron chi connectivity index (χ2n) is 4.24. The van der Waals surface area contributed by atoms with Crippen molar-refractivity contribution in [2.24, 2.45) is 5.92 Å². The summed E-state index contributed by atoms with van der Waals surface area (Å²) in [6.45, 7) is 0.724. The summed E-state index contributed by atoms with van der Waals surface area (Å²) in [5, 5.41) is 12.3. The number of ether oxygens (including phenoxy) is 1. The average Bonchev–Trinajstić information content (AvgIpc) is 3.13. The van der Waals surface area contributed by atoms with E-state index in [1.54, 1.807) is 7.11 Å². The molecule has 0 bridgehead atoms. The highest BCUT2D eigenvalue weighted by Gasteiger charge is 2.31. The second-order valence-corrected chi connectivity index (χ2v) is 4.24. The number of hydrogen-bond donors (Lipinski definition) is 1. The van der Waals surface area contributed by atoms with Crippen molar-refractivity contribution in [2.45, 2.75) is 18.9 Å². The van der Waals surface area contributed by atoms with Gasteiger partial charge in [-0.1, -0.05) is 6.07 Å². The highest BCUT2D eigenvalue weighted by atomic mass is 16.5. The summed E-state index contributed by atoms with van der Waals surface area (Å²) in [7, 11) is 1.72. The molecule has 0 amide bonds. The number of nitriles is 1. The van der Waals surface area contributed by atoms with Crippen molar-refractivity contribution >= 4 is 5.69 Å². The monoisotopic (exact) mass is 216 g/mol. The topological polar surface area (TPSA) is 45.0 Å². The van der Waals surface area contributed by atoms with E-state index in [2.05, 4.69) is 11.4 Å². The predicted octanol–water partition coefficient (Wildman–Crippen LogP) is 2.40. The zero-order valence-electron chi connectivity index (χ0n) is 9.44. The molecule has 0 radical (unpaired) electrons. The number of methoxy groups -OCH3 is 1. The van der Waals surface area contributed by atoms with Gasteiger partial charge in [-0.15, -0.1) is 0 Å². The minimum atomic E-state index is 0.374. The number of nitrogens with zero attached hydrogens (tertiary/aromatic N) is 1. The Balaban J connectivity index is 2.03. The van der Waals surface area contributed by atoms with Crippen LogP contribution in [0, 0.1) is 17.2 Å². The van der Waals surface area contributed by atoms with E-state index in [1.165, 1.54) is 12.8 Å². The molecular formula is C13H16N2O.